The van der Waals surface area contributed by atoms with Crippen LogP contribution in [0.3, 0.4) is 0 Å². The van der Waals surface area contributed by atoms with Crippen molar-refractivity contribution >= 4 is 5.69 Å². The van der Waals surface area contributed by atoms with E-state index in [-0.39, 0.29) is 5.69 Å². The van der Waals surface area contributed by atoms with Crippen molar-refractivity contribution in [3.8, 4) is 11.4 Å². The van der Waals surface area contributed by atoms with Gasteiger partial charge in [0.25, 0.3) is 0 Å². The molecule has 1 aliphatic heterocycles. The number of piperazine rings is 1. The predicted molar refractivity (Wildman–Crippen MR) is 101 cm³/mol. The van der Waals surface area contributed by atoms with Gasteiger partial charge >= 0.3 is 5.69 Å². The van der Waals surface area contributed by atoms with Gasteiger partial charge in [0.2, 0.25) is 0 Å². The summed E-state index contributed by atoms with van der Waals surface area (Å²) in [6, 6.07) is 17.5. The number of methoxy groups -OCH3 is 1. The molecule has 7 nitrogen and oxygen atoms in total. The summed E-state index contributed by atoms with van der Waals surface area (Å²) >= 11 is 0. The number of benzene rings is 2. The molecule has 1 aromatic heterocycles. The number of nitrogens with zero attached hydrogens (tertiary/aromatic N) is 5. The summed E-state index contributed by atoms with van der Waals surface area (Å²) in [6.07, 6.45) is 1.60. The Morgan fingerprint density at radius 1 is 0.885 bits per heavy atom. The highest BCUT2D eigenvalue weighted by molar-refractivity contribution is 5.49. The first-order valence-electron chi connectivity index (χ1n) is 8.62. The lowest BCUT2D eigenvalue weighted by Gasteiger charge is -2.36. The summed E-state index contributed by atoms with van der Waals surface area (Å²) in [5.74, 6) is 0.854. The van der Waals surface area contributed by atoms with Crippen LogP contribution in [0.25, 0.3) is 5.69 Å². The van der Waals surface area contributed by atoms with Crippen LogP contribution in [0.5, 0.6) is 5.75 Å². The van der Waals surface area contributed by atoms with Crippen LogP contribution in [0, 0.1) is 0 Å². The third kappa shape index (κ3) is 3.03. The molecule has 0 aliphatic carbocycles. The highest BCUT2D eigenvalue weighted by Gasteiger charge is 2.20. The van der Waals surface area contributed by atoms with Crippen LogP contribution >= 0.6 is 0 Å². The number of hydrogen-bond acceptors (Lipinski definition) is 5. The lowest BCUT2D eigenvalue weighted by atomic mass is 10.2. The number of aromatic nitrogens is 3. The summed E-state index contributed by atoms with van der Waals surface area (Å²) in [5.41, 5.74) is 1.79. The zero-order chi connectivity index (χ0) is 17.9. The first-order chi connectivity index (χ1) is 12.8. The zero-order valence-corrected chi connectivity index (χ0v) is 14.7. The fourth-order valence-electron chi connectivity index (χ4n) is 3.20. The van der Waals surface area contributed by atoms with Crippen molar-refractivity contribution in [3.05, 3.63) is 71.4 Å². The normalized spacial score (nSPS) is 14.5. The van der Waals surface area contributed by atoms with Gasteiger partial charge in [-0.25, -0.2) is 4.79 Å². The topological polar surface area (TPSA) is 55.5 Å². The molecular formula is C19H21N5O2. The van der Waals surface area contributed by atoms with Gasteiger partial charge in [-0.2, -0.15) is 14.5 Å². The lowest BCUT2D eigenvalue weighted by molar-refractivity contribution is 0.414. The Hall–Kier alpha value is -3.22. The maximum absolute atomic E-state index is 12.7. The molecule has 2 aromatic carbocycles. The predicted octanol–water partition coefficient (Wildman–Crippen LogP) is 1.50. The molecule has 0 saturated carbocycles. The number of hydrogen-bond donors (Lipinski definition) is 0. The van der Waals surface area contributed by atoms with Crippen molar-refractivity contribution in [2.75, 3.05) is 43.2 Å². The van der Waals surface area contributed by atoms with Crippen LogP contribution in [0.4, 0.5) is 5.69 Å². The minimum Gasteiger partial charge on any atom is -0.497 e. The molecule has 0 bridgehead atoms. The Bertz CT molecular complexity index is 909. The molecule has 1 saturated heterocycles. The SMILES string of the molecule is COc1ccc(N2CCN(n3cnn(-c4ccccc4)c3=O)CC2)cc1. The van der Waals surface area contributed by atoms with Crippen LogP contribution < -0.4 is 20.3 Å². The van der Waals surface area contributed by atoms with E-state index >= 15 is 0 Å². The second-order valence-corrected chi connectivity index (χ2v) is 6.14. The Labute approximate surface area is 151 Å². The van der Waals surface area contributed by atoms with Gasteiger partial charge in [0.1, 0.15) is 12.1 Å². The molecule has 3 aromatic rings. The van der Waals surface area contributed by atoms with Crippen LogP contribution in [0.1, 0.15) is 0 Å². The van der Waals surface area contributed by atoms with Crippen LogP contribution in [-0.4, -0.2) is 47.7 Å². The Balaban J connectivity index is 1.47. The first-order valence-corrected chi connectivity index (χ1v) is 8.62. The van der Waals surface area contributed by atoms with Gasteiger partial charge in [-0.1, -0.05) is 18.2 Å². The maximum Gasteiger partial charge on any atom is 0.369 e. The zero-order valence-electron chi connectivity index (χ0n) is 14.7. The summed E-state index contributed by atoms with van der Waals surface area (Å²) in [7, 11) is 1.67. The molecule has 0 spiro atoms. The maximum atomic E-state index is 12.7. The van der Waals surface area contributed by atoms with Crippen LogP contribution in [-0.2, 0) is 0 Å². The quantitative estimate of drug-likeness (QED) is 0.713. The Kier molecular flexibility index (Phi) is 4.35. The van der Waals surface area contributed by atoms with Crippen LogP contribution in [0.15, 0.2) is 65.7 Å². The molecule has 0 radical (unpaired) electrons. The van der Waals surface area contributed by atoms with Gasteiger partial charge in [-0.05, 0) is 36.4 Å². The lowest BCUT2D eigenvalue weighted by Crippen LogP contribution is -2.54. The van der Waals surface area contributed by atoms with E-state index in [0.29, 0.717) is 0 Å². The molecule has 4 rings (SSSR count). The standard InChI is InChI=1S/C19H21N5O2/c1-26-18-9-7-16(8-10-18)21-11-13-22(14-12-21)23-15-20-24(19(23)25)17-5-3-2-4-6-17/h2-10,15H,11-14H2,1H3. The summed E-state index contributed by atoms with van der Waals surface area (Å²) in [5, 5.41) is 6.29. The van der Waals surface area contributed by atoms with Gasteiger partial charge in [0.15, 0.2) is 0 Å². The molecule has 134 valence electrons. The van der Waals surface area contributed by atoms with Crippen molar-refractivity contribution in [2.45, 2.75) is 0 Å². The van der Waals surface area contributed by atoms with E-state index in [1.54, 1.807) is 18.1 Å². The van der Waals surface area contributed by atoms with E-state index in [4.69, 9.17) is 4.74 Å². The summed E-state index contributed by atoms with van der Waals surface area (Å²) in [6.45, 7) is 3.20. The fourth-order valence-corrected chi connectivity index (χ4v) is 3.20. The molecular weight excluding hydrogens is 330 g/mol. The average molecular weight is 351 g/mol. The van der Waals surface area contributed by atoms with E-state index in [1.165, 1.54) is 4.68 Å². The third-order valence-electron chi connectivity index (χ3n) is 4.65. The molecule has 1 fully saturated rings. The molecule has 26 heavy (non-hydrogen) atoms. The van der Waals surface area contributed by atoms with Crippen molar-refractivity contribution in [1.29, 1.82) is 0 Å². The second-order valence-electron chi connectivity index (χ2n) is 6.14. The number of anilines is 1. The fraction of sp³-hybridized carbons (Fsp3) is 0.263. The van der Waals surface area contributed by atoms with Gasteiger partial charge in [0.05, 0.1) is 25.9 Å². The summed E-state index contributed by atoms with van der Waals surface area (Å²) < 4.78 is 8.25. The smallest absolute Gasteiger partial charge is 0.369 e. The van der Waals surface area contributed by atoms with Crippen LogP contribution in [0.2, 0.25) is 0 Å². The van der Waals surface area contributed by atoms with Crippen molar-refractivity contribution in [1.82, 2.24) is 14.5 Å². The number of para-hydroxylation sites is 1. The highest BCUT2D eigenvalue weighted by atomic mass is 16.5. The minimum absolute atomic E-state index is 0.144. The molecule has 0 amide bonds. The van der Waals surface area contributed by atoms with Gasteiger partial charge in [0, 0.05) is 18.8 Å². The molecule has 0 atom stereocenters. The molecule has 2 heterocycles. The van der Waals surface area contributed by atoms with E-state index in [1.807, 2.05) is 47.5 Å². The third-order valence-corrected chi connectivity index (χ3v) is 4.65. The van der Waals surface area contributed by atoms with Gasteiger partial charge < -0.3 is 14.6 Å². The van der Waals surface area contributed by atoms with E-state index in [2.05, 4.69) is 22.1 Å². The number of ether oxygens (including phenoxy) is 1. The monoisotopic (exact) mass is 351 g/mol. The van der Waals surface area contributed by atoms with Crippen molar-refractivity contribution in [3.63, 3.8) is 0 Å². The largest absolute Gasteiger partial charge is 0.497 e. The van der Waals surface area contributed by atoms with Gasteiger partial charge in [-0.15, -0.1) is 0 Å². The highest BCUT2D eigenvalue weighted by Crippen LogP contribution is 2.20. The molecule has 0 N–H and O–H groups in total. The van der Waals surface area contributed by atoms with Gasteiger partial charge in [-0.3, -0.25) is 0 Å². The molecule has 0 unspecified atom stereocenters. The Morgan fingerprint density at radius 2 is 1.58 bits per heavy atom. The first kappa shape index (κ1) is 16.3. The van der Waals surface area contributed by atoms with E-state index in [9.17, 15) is 4.79 Å². The average Bonchev–Trinajstić information content (AvgIpc) is 3.10. The Morgan fingerprint density at radius 3 is 2.23 bits per heavy atom. The molecule has 1 aliphatic rings. The minimum atomic E-state index is -0.144. The van der Waals surface area contributed by atoms with Crippen molar-refractivity contribution < 1.29 is 4.74 Å². The molecule has 7 heteroatoms. The van der Waals surface area contributed by atoms with E-state index in [0.717, 1.165) is 43.3 Å². The second kappa shape index (κ2) is 6.95. The summed E-state index contributed by atoms with van der Waals surface area (Å²) in [4.78, 5) is 15.0. The van der Waals surface area contributed by atoms with Crippen molar-refractivity contribution in [2.24, 2.45) is 0 Å². The number of rotatable bonds is 4. The van der Waals surface area contributed by atoms with E-state index < -0.39 is 0 Å².